The van der Waals surface area contributed by atoms with Crippen molar-refractivity contribution < 1.29 is 19.1 Å². The summed E-state index contributed by atoms with van der Waals surface area (Å²) in [6, 6.07) is 18.7. The summed E-state index contributed by atoms with van der Waals surface area (Å²) in [5.74, 6) is 0.908. The molecule has 2 saturated heterocycles. The minimum absolute atomic E-state index is 0.0215. The van der Waals surface area contributed by atoms with Crippen molar-refractivity contribution in [1.82, 2.24) is 19.4 Å². The zero-order chi connectivity index (χ0) is 28.3. The molecule has 9 nitrogen and oxygen atoms in total. The second-order valence-corrected chi connectivity index (χ2v) is 17.4. The van der Waals surface area contributed by atoms with Crippen LogP contribution in [0.15, 0.2) is 60.8 Å². The summed E-state index contributed by atoms with van der Waals surface area (Å²) in [6.45, 7) is 12.4. The third kappa shape index (κ3) is 6.39. The Balaban J connectivity index is 1.19. The van der Waals surface area contributed by atoms with E-state index in [-0.39, 0.29) is 24.8 Å². The number of benzene rings is 2. The number of hydrogen-bond donors (Lipinski definition) is 0. The maximum absolute atomic E-state index is 13.2. The lowest BCUT2D eigenvalue weighted by molar-refractivity contribution is 0.0682. The molecule has 0 aliphatic carbocycles. The van der Waals surface area contributed by atoms with E-state index in [0.29, 0.717) is 32.9 Å². The van der Waals surface area contributed by atoms with Gasteiger partial charge in [-0.1, -0.05) is 62.1 Å². The molecule has 10 heteroatoms. The summed E-state index contributed by atoms with van der Waals surface area (Å²) in [5, 5.41) is 0. The first-order chi connectivity index (χ1) is 19.2. The molecule has 212 valence electrons. The molecule has 5 rings (SSSR count). The normalized spacial score (nSPS) is 17.4. The maximum atomic E-state index is 13.2. The lowest BCUT2D eigenvalue weighted by atomic mass is 10.1. The molecule has 1 atom stereocenters. The Bertz CT molecular complexity index is 1320. The molecule has 0 spiro atoms. The van der Waals surface area contributed by atoms with Gasteiger partial charge in [0.1, 0.15) is 19.2 Å². The van der Waals surface area contributed by atoms with Crippen LogP contribution >= 0.6 is 0 Å². The van der Waals surface area contributed by atoms with E-state index in [9.17, 15) is 9.59 Å². The molecule has 0 radical (unpaired) electrons. The first kappa shape index (κ1) is 27.9. The van der Waals surface area contributed by atoms with Gasteiger partial charge in [-0.2, -0.15) is 0 Å². The lowest BCUT2D eigenvalue weighted by Gasteiger charge is -2.35. The first-order valence-corrected chi connectivity index (χ1v) is 17.6. The summed E-state index contributed by atoms with van der Waals surface area (Å²) in [5.41, 5.74) is 3.81. The Labute approximate surface area is 237 Å². The van der Waals surface area contributed by atoms with Crippen LogP contribution in [0.25, 0.3) is 11.3 Å². The first-order valence-electron chi connectivity index (χ1n) is 13.9. The molecule has 3 heterocycles. The number of aryl methyl sites for hydroxylation is 1. The second-order valence-electron chi connectivity index (χ2n) is 11.7. The van der Waals surface area contributed by atoms with Gasteiger partial charge in [-0.15, -0.1) is 0 Å². The molecular formula is C30H39N5O4Si. The van der Waals surface area contributed by atoms with Crippen molar-refractivity contribution in [3.63, 3.8) is 0 Å². The third-order valence-corrected chi connectivity index (χ3v) is 9.27. The number of rotatable bonds is 9. The Kier molecular flexibility index (Phi) is 8.27. The molecule has 2 aliphatic heterocycles. The van der Waals surface area contributed by atoms with Crippen LogP contribution in [-0.2, 0) is 22.8 Å². The fourth-order valence-corrected chi connectivity index (χ4v) is 5.86. The van der Waals surface area contributed by atoms with E-state index in [4.69, 9.17) is 9.47 Å². The maximum Gasteiger partial charge on any atom is 0.410 e. The fourth-order valence-electron chi connectivity index (χ4n) is 5.11. The molecule has 40 heavy (non-hydrogen) atoms. The van der Waals surface area contributed by atoms with Crippen molar-refractivity contribution in [2.75, 3.05) is 37.7 Å². The minimum atomic E-state index is -1.14. The van der Waals surface area contributed by atoms with Gasteiger partial charge in [0.25, 0.3) is 0 Å². The molecule has 1 aromatic heterocycles. The monoisotopic (exact) mass is 561 g/mol. The molecule has 0 bridgehead atoms. The number of aromatic nitrogens is 2. The summed E-state index contributed by atoms with van der Waals surface area (Å²) >= 11 is 0. The molecule has 3 aromatic rings. The van der Waals surface area contributed by atoms with E-state index >= 15 is 0 Å². The van der Waals surface area contributed by atoms with E-state index in [2.05, 4.69) is 29.2 Å². The van der Waals surface area contributed by atoms with Crippen molar-refractivity contribution in [2.45, 2.75) is 52.0 Å². The number of carbonyl (C=O) groups excluding carboxylic acids is 2. The SMILES string of the molecule is Cc1ncc(-c2ccc(N3C[C@@H]4CN(C(=O)OCc5ccccc5)CCN4C3=O)cc2)n1COCC[Si](C)(C)C. The highest BCUT2D eigenvalue weighted by atomic mass is 28.3. The molecule has 0 unspecified atom stereocenters. The molecule has 0 N–H and O–H groups in total. The van der Waals surface area contributed by atoms with Crippen molar-refractivity contribution in [1.29, 1.82) is 0 Å². The number of carbonyl (C=O) groups is 2. The summed E-state index contributed by atoms with van der Waals surface area (Å²) in [4.78, 5) is 35.8. The smallest absolute Gasteiger partial charge is 0.410 e. The molecule has 0 saturated carbocycles. The summed E-state index contributed by atoms with van der Waals surface area (Å²) < 4.78 is 13.6. The van der Waals surface area contributed by atoms with Crippen LogP contribution < -0.4 is 4.90 Å². The Morgan fingerprint density at radius 1 is 1.02 bits per heavy atom. The van der Waals surface area contributed by atoms with Gasteiger partial charge >= 0.3 is 12.1 Å². The Morgan fingerprint density at radius 2 is 1.77 bits per heavy atom. The van der Waals surface area contributed by atoms with Gasteiger partial charge < -0.3 is 23.8 Å². The van der Waals surface area contributed by atoms with Gasteiger partial charge in [-0.3, -0.25) is 4.90 Å². The molecule has 3 amide bonds. The number of amides is 3. The van der Waals surface area contributed by atoms with Gasteiger partial charge in [0.15, 0.2) is 0 Å². The standard InChI is InChI=1S/C30H39N5O4Si/c1-23-31-18-28(35(23)22-38-16-17-40(2,3)4)25-10-12-26(13-11-25)34-20-27-19-32(14-15-33(27)29(34)36)30(37)39-21-24-8-6-5-7-9-24/h5-13,18,27H,14-17,19-22H2,1-4H3/t27-/m0/s1. The average Bonchev–Trinajstić information content (AvgIpc) is 3.48. The largest absolute Gasteiger partial charge is 0.445 e. The van der Waals surface area contributed by atoms with Crippen LogP contribution in [0.5, 0.6) is 0 Å². The quantitative estimate of drug-likeness (QED) is 0.257. The topological polar surface area (TPSA) is 80.1 Å². The lowest BCUT2D eigenvalue weighted by Crippen LogP contribution is -2.53. The van der Waals surface area contributed by atoms with E-state index in [0.717, 1.165) is 41.0 Å². The Hall–Kier alpha value is -3.63. The zero-order valence-electron chi connectivity index (χ0n) is 23.9. The van der Waals surface area contributed by atoms with Gasteiger partial charge in [-0.05, 0) is 36.2 Å². The van der Waals surface area contributed by atoms with Crippen molar-refractivity contribution in [2.24, 2.45) is 0 Å². The molecule has 2 fully saturated rings. The average molecular weight is 562 g/mol. The van der Waals surface area contributed by atoms with Gasteiger partial charge in [0.05, 0.1) is 17.9 Å². The predicted molar refractivity (Wildman–Crippen MR) is 158 cm³/mol. The number of anilines is 1. The number of nitrogens with zero attached hydrogens (tertiary/aromatic N) is 5. The fraction of sp³-hybridized carbons (Fsp3) is 0.433. The predicted octanol–water partition coefficient (Wildman–Crippen LogP) is 5.43. The van der Waals surface area contributed by atoms with Gasteiger partial charge in [-0.25, -0.2) is 14.6 Å². The molecule has 2 aliphatic rings. The summed E-state index contributed by atoms with van der Waals surface area (Å²) in [7, 11) is -1.14. The highest BCUT2D eigenvalue weighted by molar-refractivity contribution is 6.76. The number of ether oxygens (including phenoxy) is 2. The van der Waals surface area contributed by atoms with E-state index in [1.807, 2.05) is 72.6 Å². The Morgan fingerprint density at radius 3 is 2.50 bits per heavy atom. The van der Waals surface area contributed by atoms with E-state index in [1.54, 1.807) is 9.80 Å². The molecule has 2 aromatic carbocycles. The van der Waals surface area contributed by atoms with Crippen LogP contribution in [-0.4, -0.2) is 78.4 Å². The number of hydrogen-bond acceptors (Lipinski definition) is 5. The van der Waals surface area contributed by atoms with Crippen LogP contribution in [0.2, 0.25) is 25.7 Å². The number of urea groups is 1. The minimum Gasteiger partial charge on any atom is -0.445 e. The van der Waals surface area contributed by atoms with Crippen molar-refractivity contribution in [3.05, 3.63) is 72.2 Å². The van der Waals surface area contributed by atoms with E-state index < -0.39 is 8.07 Å². The highest BCUT2D eigenvalue weighted by Gasteiger charge is 2.42. The number of piperazine rings is 1. The highest BCUT2D eigenvalue weighted by Crippen LogP contribution is 2.29. The number of imidazole rings is 1. The third-order valence-electron chi connectivity index (χ3n) is 7.56. The van der Waals surface area contributed by atoms with Gasteiger partial charge in [0, 0.05) is 46.5 Å². The van der Waals surface area contributed by atoms with Crippen LogP contribution in [0.3, 0.4) is 0 Å². The van der Waals surface area contributed by atoms with Crippen LogP contribution in [0.4, 0.5) is 15.3 Å². The van der Waals surface area contributed by atoms with Gasteiger partial charge in [0.2, 0.25) is 0 Å². The van der Waals surface area contributed by atoms with Crippen molar-refractivity contribution >= 4 is 25.9 Å². The second kappa shape index (κ2) is 11.9. The van der Waals surface area contributed by atoms with Crippen LogP contribution in [0.1, 0.15) is 11.4 Å². The molecular weight excluding hydrogens is 522 g/mol. The van der Waals surface area contributed by atoms with Crippen LogP contribution in [0, 0.1) is 6.92 Å². The van der Waals surface area contributed by atoms with E-state index in [1.165, 1.54) is 0 Å². The summed E-state index contributed by atoms with van der Waals surface area (Å²) in [6.07, 6.45) is 1.54. The van der Waals surface area contributed by atoms with Crippen molar-refractivity contribution in [3.8, 4) is 11.3 Å². The number of fused-ring (bicyclic) bond motifs is 1. The zero-order valence-corrected chi connectivity index (χ0v) is 24.9.